The number of pyridine rings is 1. The molecular formula is C21H23NS. The molecule has 0 fully saturated rings. The van der Waals surface area contributed by atoms with Crippen LogP contribution in [0, 0.1) is 0 Å². The molecule has 0 radical (unpaired) electrons. The van der Waals surface area contributed by atoms with Crippen molar-refractivity contribution < 1.29 is 0 Å². The highest BCUT2D eigenvalue weighted by Gasteiger charge is 2.07. The van der Waals surface area contributed by atoms with Gasteiger partial charge in [0.15, 0.2) is 0 Å². The zero-order chi connectivity index (χ0) is 16.2. The number of thioether (sulfide) groups is 1. The zero-order valence-corrected chi connectivity index (χ0v) is 14.9. The molecule has 0 saturated carbocycles. The Kier molecular flexibility index (Phi) is 5.02. The molecule has 1 nitrogen and oxygen atoms in total. The lowest BCUT2D eigenvalue weighted by molar-refractivity contribution is 0.642. The van der Waals surface area contributed by atoms with Crippen LogP contribution < -0.4 is 0 Å². The second-order valence-electron chi connectivity index (χ2n) is 5.90. The summed E-state index contributed by atoms with van der Waals surface area (Å²) >= 11 is 1.68. The molecule has 0 aliphatic rings. The summed E-state index contributed by atoms with van der Waals surface area (Å²) in [5.41, 5.74) is 5.04. The van der Waals surface area contributed by atoms with Crippen molar-refractivity contribution in [3.05, 3.63) is 60.2 Å². The number of aromatic nitrogens is 1. The molecule has 0 saturated heterocycles. The van der Waals surface area contributed by atoms with Crippen molar-refractivity contribution in [2.24, 2.45) is 0 Å². The maximum atomic E-state index is 4.65. The average Bonchev–Trinajstić information content (AvgIpc) is 2.62. The Hall–Kier alpha value is -1.80. The van der Waals surface area contributed by atoms with E-state index in [0.29, 0.717) is 5.92 Å². The lowest BCUT2D eigenvalue weighted by Gasteiger charge is -2.13. The normalized spacial score (nSPS) is 11.3. The monoisotopic (exact) mass is 321 g/mol. The fourth-order valence-corrected chi connectivity index (χ4v) is 3.50. The number of hydrogen-bond donors (Lipinski definition) is 0. The molecule has 0 bridgehead atoms. The molecule has 2 aromatic carbocycles. The van der Waals surface area contributed by atoms with Gasteiger partial charge in [0.05, 0.1) is 10.5 Å². The molecule has 0 unspecified atom stereocenters. The Morgan fingerprint density at radius 3 is 2.22 bits per heavy atom. The third-order valence-electron chi connectivity index (χ3n) is 4.57. The van der Waals surface area contributed by atoms with Crippen LogP contribution in [0.3, 0.4) is 0 Å². The molecule has 0 N–H and O–H groups in total. The van der Waals surface area contributed by atoms with Gasteiger partial charge >= 0.3 is 0 Å². The molecular weight excluding hydrogens is 298 g/mol. The number of hydrogen-bond acceptors (Lipinski definition) is 2. The zero-order valence-electron chi connectivity index (χ0n) is 14.0. The molecule has 0 aliphatic carbocycles. The van der Waals surface area contributed by atoms with Crippen LogP contribution in [0.15, 0.2) is 59.6 Å². The minimum atomic E-state index is 0.676. The summed E-state index contributed by atoms with van der Waals surface area (Å²) < 4.78 is 0. The van der Waals surface area contributed by atoms with E-state index in [2.05, 4.69) is 79.7 Å². The van der Waals surface area contributed by atoms with Gasteiger partial charge in [-0.2, -0.15) is 0 Å². The number of fused-ring (bicyclic) bond motifs is 1. The van der Waals surface area contributed by atoms with Crippen molar-refractivity contribution in [3.8, 4) is 11.1 Å². The Balaban J connectivity index is 1.93. The van der Waals surface area contributed by atoms with E-state index < -0.39 is 0 Å². The summed E-state index contributed by atoms with van der Waals surface area (Å²) in [4.78, 5) is 4.65. The molecule has 0 amide bonds. The van der Waals surface area contributed by atoms with Crippen LogP contribution in [0.5, 0.6) is 0 Å². The van der Waals surface area contributed by atoms with Gasteiger partial charge in [-0.3, -0.25) is 0 Å². The smallest absolute Gasteiger partial charge is 0.0964 e. The van der Waals surface area contributed by atoms with E-state index in [1.54, 1.807) is 11.8 Å². The van der Waals surface area contributed by atoms with Crippen LogP contribution in [-0.2, 0) is 0 Å². The molecule has 118 valence electrons. The van der Waals surface area contributed by atoms with Gasteiger partial charge in [-0.25, -0.2) is 4.98 Å². The summed E-state index contributed by atoms with van der Waals surface area (Å²) in [5.74, 6) is 0.676. The van der Waals surface area contributed by atoms with E-state index in [0.717, 1.165) is 10.5 Å². The first-order valence-corrected chi connectivity index (χ1v) is 9.52. The minimum Gasteiger partial charge on any atom is -0.242 e. The molecule has 3 rings (SSSR count). The number of rotatable bonds is 5. The number of nitrogens with zero attached hydrogens (tertiary/aromatic N) is 1. The highest BCUT2D eigenvalue weighted by Crippen LogP contribution is 2.28. The van der Waals surface area contributed by atoms with Gasteiger partial charge in [-0.05, 0) is 59.9 Å². The Morgan fingerprint density at radius 1 is 0.870 bits per heavy atom. The molecule has 0 aliphatic heterocycles. The largest absolute Gasteiger partial charge is 0.242 e. The van der Waals surface area contributed by atoms with E-state index in [4.69, 9.17) is 0 Å². The fraction of sp³-hybridized carbons (Fsp3) is 0.286. The van der Waals surface area contributed by atoms with Crippen LogP contribution >= 0.6 is 11.8 Å². The van der Waals surface area contributed by atoms with Crippen molar-refractivity contribution in [2.75, 3.05) is 6.26 Å². The lowest BCUT2D eigenvalue weighted by atomic mass is 9.92. The van der Waals surface area contributed by atoms with Crippen LogP contribution in [0.25, 0.3) is 22.0 Å². The van der Waals surface area contributed by atoms with Crippen molar-refractivity contribution in [1.82, 2.24) is 4.98 Å². The summed E-state index contributed by atoms with van der Waals surface area (Å²) in [6.45, 7) is 4.53. The summed E-state index contributed by atoms with van der Waals surface area (Å²) in [5, 5.41) is 2.27. The summed E-state index contributed by atoms with van der Waals surface area (Å²) in [6.07, 6.45) is 4.47. The summed E-state index contributed by atoms with van der Waals surface area (Å²) in [7, 11) is 0. The SMILES string of the molecule is CCC(CC)c1ccc(-c2ccc3nc(SC)ccc3c2)cc1. The second-order valence-corrected chi connectivity index (χ2v) is 6.72. The van der Waals surface area contributed by atoms with Crippen LogP contribution in [0.1, 0.15) is 38.2 Å². The minimum absolute atomic E-state index is 0.676. The lowest BCUT2D eigenvalue weighted by Crippen LogP contribution is -1.94. The van der Waals surface area contributed by atoms with E-state index in [9.17, 15) is 0 Å². The Labute approximate surface area is 143 Å². The highest BCUT2D eigenvalue weighted by molar-refractivity contribution is 7.98. The molecule has 1 heterocycles. The number of benzene rings is 2. The van der Waals surface area contributed by atoms with Gasteiger partial charge in [0.25, 0.3) is 0 Å². The molecule has 0 spiro atoms. The molecule has 3 aromatic rings. The third kappa shape index (κ3) is 3.42. The Morgan fingerprint density at radius 2 is 1.57 bits per heavy atom. The van der Waals surface area contributed by atoms with Crippen molar-refractivity contribution in [1.29, 1.82) is 0 Å². The van der Waals surface area contributed by atoms with E-state index in [1.165, 1.54) is 34.9 Å². The first-order valence-electron chi connectivity index (χ1n) is 8.30. The van der Waals surface area contributed by atoms with E-state index in [-0.39, 0.29) is 0 Å². The van der Waals surface area contributed by atoms with Gasteiger partial charge in [0, 0.05) is 5.39 Å². The van der Waals surface area contributed by atoms with Crippen molar-refractivity contribution >= 4 is 22.7 Å². The summed E-state index contributed by atoms with van der Waals surface area (Å²) in [6, 6.07) is 19.8. The van der Waals surface area contributed by atoms with Crippen LogP contribution in [0.4, 0.5) is 0 Å². The van der Waals surface area contributed by atoms with Crippen molar-refractivity contribution in [2.45, 2.75) is 37.6 Å². The second kappa shape index (κ2) is 7.18. The third-order valence-corrected chi connectivity index (χ3v) is 5.22. The van der Waals surface area contributed by atoms with Gasteiger partial charge in [0.1, 0.15) is 0 Å². The van der Waals surface area contributed by atoms with Gasteiger partial charge in [-0.15, -0.1) is 11.8 Å². The molecule has 23 heavy (non-hydrogen) atoms. The first kappa shape index (κ1) is 16.1. The van der Waals surface area contributed by atoms with Crippen LogP contribution in [0.2, 0.25) is 0 Å². The molecule has 0 atom stereocenters. The highest BCUT2D eigenvalue weighted by atomic mass is 32.2. The maximum Gasteiger partial charge on any atom is 0.0964 e. The first-order chi connectivity index (χ1) is 11.2. The quantitative estimate of drug-likeness (QED) is 0.496. The van der Waals surface area contributed by atoms with E-state index in [1.807, 2.05) is 0 Å². The average molecular weight is 321 g/mol. The molecule has 1 aromatic heterocycles. The predicted octanol–water partition coefficient (Wildman–Crippen LogP) is 6.53. The molecule has 2 heteroatoms. The fourth-order valence-electron chi connectivity index (χ4n) is 3.11. The Bertz CT molecular complexity index is 789. The predicted molar refractivity (Wildman–Crippen MR) is 102 cm³/mol. The van der Waals surface area contributed by atoms with Gasteiger partial charge in [-0.1, -0.05) is 50.2 Å². The van der Waals surface area contributed by atoms with Crippen molar-refractivity contribution in [3.63, 3.8) is 0 Å². The van der Waals surface area contributed by atoms with E-state index >= 15 is 0 Å². The standard InChI is InChI=1S/C21H23NS/c1-4-15(5-2)16-6-8-17(9-7-16)18-10-12-20-19(14-18)11-13-21(22-20)23-3/h6-15H,4-5H2,1-3H3. The van der Waals surface area contributed by atoms with Gasteiger partial charge in [0.2, 0.25) is 0 Å². The maximum absolute atomic E-state index is 4.65. The van der Waals surface area contributed by atoms with Crippen LogP contribution in [-0.4, -0.2) is 11.2 Å². The van der Waals surface area contributed by atoms with Gasteiger partial charge < -0.3 is 0 Å². The topological polar surface area (TPSA) is 12.9 Å².